The van der Waals surface area contributed by atoms with Crippen molar-refractivity contribution in [3.05, 3.63) is 53.9 Å². The van der Waals surface area contributed by atoms with E-state index < -0.39 is 17.5 Å². The zero-order valence-electron chi connectivity index (χ0n) is 9.69. The van der Waals surface area contributed by atoms with Crippen molar-refractivity contribution in [3.63, 3.8) is 0 Å². The number of hydrogen-bond acceptors (Lipinski definition) is 3. The normalized spacial score (nSPS) is 11.3. The number of pyridine rings is 1. The van der Waals surface area contributed by atoms with Crippen LogP contribution in [0.3, 0.4) is 0 Å². The van der Waals surface area contributed by atoms with Gasteiger partial charge in [-0.15, -0.1) is 0 Å². The Bertz CT molecular complexity index is 556. The van der Waals surface area contributed by atoms with Gasteiger partial charge < -0.3 is 9.84 Å². The number of ether oxygens (including phenoxy) is 1. The van der Waals surface area contributed by atoms with E-state index in [4.69, 9.17) is 4.74 Å². The zero-order valence-corrected chi connectivity index (χ0v) is 9.69. The second kappa shape index (κ2) is 5.17. The maximum Gasteiger partial charge on any atom is 0.416 e. The lowest BCUT2D eigenvalue weighted by Gasteiger charge is -2.10. The molecular formula is C13H10F3NO2. The first-order chi connectivity index (χ1) is 8.97. The van der Waals surface area contributed by atoms with Crippen LogP contribution in [-0.2, 0) is 12.8 Å². The first kappa shape index (κ1) is 13.2. The van der Waals surface area contributed by atoms with Crippen molar-refractivity contribution in [1.82, 2.24) is 4.98 Å². The Kier molecular flexibility index (Phi) is 3.59. The molecular weight excluding hydrogens is 259 g/mol. The Hall–Kier alpha value is -2.24. The van der Waals surface area contributed by atoms with Crippen LogP contribution in [0.15, 0.2) is 42.7 Å². The van der Waals surface area contributed by atoms with Gasteiger partial charge in [0.2, 0.25) is 0 Å². The Labute approximate surface area is 107 Å². The molecule has 0 radical (unpaired) electrons. The second-order valence-corrected chi connectivity index (χ2v) is 3.82. The fraction of sp³-hybridized carbons (Fsp3) is 0.154. The molecule has 0 amide bonds. The summed E-state index contributed by atoms with van der Waals surface area (Å²) in [7, 11) is 0. The number of hydrogen-bond donors (Lipinski definition) is 1. The summed E-state index contributed by atoms with van der Waals surface area (Å²) in [6, 6.07) is 6.11. The lowest BCUT2D eigenvalue weighted by atomic mass is 10.1. The monoisotopic (exact) mass is 269 g/mol. The molecule has 1 heterocycles. The molecule has 1 aromatic carbocycles. The van der Waals surface area contributed by atoms with Gasteiger partial charge >= 0.3 is 6.18 Å². The molecule has 0 saturated heterocycles. The minimum atomic E-state index is -4.47. The lowest BCUT2D eigenvalue weighted by Crippen LogP contribution is -2.05. The Morgan fingerprint density at radius 2 is 2.00 bits per heavy atom. The summed E-state index contributed by atoms with van der Waals surface area (Å²) in [5.41, 5.74) is -0.619. The van der Waals surface area contributed by atoms with Crippen LogP contribution in [0, 0.1) is 0 Å². The molecule has 0 fully saturated rings. The van der Waals surface area contributed by atoms with Gasteiger partial charge in [-0.05, 0) is 24.3 Å². The molecule has 6 heteroatoms. The summed E-state index contributed by atoms with van der Waals surface area (Å²) in [6.45, 7) is -0.0321. The van der Waals surface area contributed by atoms with E-state index in [0.29, 0.717) is 11.8 Å². The van der Waals surface area contributed by atoms with E-state index in [0.717, 1.165) is 6.07 Å². The van der Waals surface area contributed by atoms with Crippen molar-refractivity contribution in [3.8, 4) is 11.5 Å². The molecule has 1 aromatic heterocycles. The van der Waals surface area contributed by atoms with Crippen LogP contribution in [0.2, 0.25) is 0 Å². The van der Waals surface area contributed by atoms with Gasteiger partial charge in [0.25, 0.3) is 0 Å². The van der Waals surface area contributed by atoms with Crippen LogP contribution in [-0.4, -0.2) is 10.1 Å². The molecule has 3 nitrogen and oxygen atoms in total. The summed E-state index contributed by atoms with van der Waals surface area (Å²) in [6.07, 6.45) is -1.43. The van der Waals surface area contributed by atoms with Crippen LogP contribution < -0.4 is 4.74 Å². The van der Waals surface area contributed by atoms with Crippen molar-refractivity contribution >= 4 is 0 Å². The fourth-order valence-corrected chi connectivity index (χ4v) is 1.46. The highest BCUT2D eigenvalue weighted by Crippen LogP contribution is 2.32. The Morgan fingerprint density at radius 1 is 1.21 bits per heavy atom. The number of halogens is 3. The van der Waals surface area contributed by atoms with E-state index in [1.54, 1.807) is 18.3 Å². The predicted octanol–water partition coefficient (Wildman–Crippen LogP) is 3.39. The van der Waals surface area contributed by atoms with Crippen molar-refractivity contribution in [1.29, 1.82) is 0 Å². The third kappa shape index (κ3) is 3.37. The average Bonchev–Trinajstić information content (AvgIpc) is 2.37. The summed E-state index contributed by atoms with van der Waals surface area (Å²) in [4.78, 5) is 3.83. The maximum absolute atomic E-state index is 12.4. The number of nitrogens with zero attached hydrogens (tertiary/aromatic N) is 1. The molecule has 100 valence electrons. The van der Waals surface area contributed by atoms with E-state index >= 15 is 0 Å². The molecule has 0 spiro atoms. The van der Waals surface area contributed by atoms with E-state index in [1.807, 2.05) is 0 Å². The third-order valence-corrected chi connectivity index (χ3v) is 2.44. The minimum absolute atomic E-state index is 0.0321. The number of benzene rings is 1. The highest BCUT2D eigenvalue weighted by Gasteiger charge is 2.31. The van der Waals surface area contributed by atoms with Crippen molar-refractivity contribution in [2.45, 2.75) is 12.8 Å². The summed E-state index contributed by atoms with van der Waals surface area (Å²) < 4.78 is 42.5. The molecule has 0 bridgehead atoms. The molecule has 0 atom stereocenters. The van der Waals surface area contributed by atoms with Crippen molar-refractivity contribution in [2.24, 2.45) is 0 Å². The molecule has 0 aliphatic heterocycles. The molecule has 2 rings (SSSR count). The van der Waals surface area contributed by atoms with E-state index in [2.05, 4.69) is 4.98 Å². The predicted molar refractivity (Wildman–Crippen MR) is 61.7 cm³/mol. The second-order valence-electron chi connectivity index (χ2n) is 3.82. The smallest absolute Gasteiger partial charge is 0.416 e. The quantitative estimate of drug-likeness (QED) is 0.928. The molecule has 0 saturated carbocycles. The minimum Gasteiger partial charge on any atom is -0.508 e. The van der Waals surface area contributed by atoms with Gasteiger partial charge in [0.1, 0.15) is 18.1 Å². The number of aromatic hydroxyl groups is 1. The van der Waals surface area contributed by atoms with E-state index in [1.165, 1.54) is 12.3 Å². The molecule has 0 unspecified atom stereocenters. The van der Waals surface area contributed by atoms with Crippen LogP contribution >= 0.6 is 0 Å². The SMILES string of the molecule is Oc1cc(C(F)(F)F)ccc1COc1cccnc1. The number of alkyl halides is 3. The first-order valence-electron chi connectivity index (χ1n) is 5.39. The van der Waals surface area contributed by atoms with Gasteiger partial charge in [-0.25, -0.2) is 0 Å². The summed E-state index contributed by atoms with van der Waals surface area (Å²) in [5.74, 6) is 0.0283. The maximum atomic E-state index is 12.4. The topological polar surface area (TPSA) is 42.4 Å². The standard InChI is InChI=1S/C13H10F3NO2/c14-13(15,16)10-4-3-9(12(18)6-10)8-19-11-2-1-5-17-7-11/h1-7,18H,8H2. The molecule has 2 aromatic rings. The molecule has 1 N–H and O–H groups in total. The van der Waals surface area contributed by atoms with Gasteiger partial charge in [0.05, 0.1) is 11.8 Å². The van der Waals surface area contributed by atoms with E-state index in [-0.39, 0.29) is 12.2 Å². The van der Waals surface area contributed by atoms with Crippen LogP contribution in [0.5, 0.6) is 11.5 Å². The average molecular weight is 269 g/mol. The summed E-state index contributed by atoms with van der Waals surface area (Å²) >= 11 is 0. The largest absolute Gasteiger partial charge is 0.508 e. The Morgan fingerprint density at radius 3 is 2.58 bits per heavy atom. The number of phenols is 1. The van der Waals surface area contributed by atoms with Crippen molar-refractivity contribution in [2.75, 3.05) is 0 Å². The van der Waals surface area contributed by atoms with Gasteiger partial charge in [0, 0.05) is 11.8 Å². The van der Waals surface area contributed by atoms with Crippen LogP contribution in [0.25, 0.3) is 0 Å². The lowest BCUT2D eigenvalue weighted by molar-refractivity contribution is -0.137. The highest BCUT2D eigenvalue weighted by atomic mass is 19.4. The molecule has 0 aliphatic rings. The van der Waals surface area contributed by atoms with Crippen molar-refractivity contribution < 1.29 is 23.0 Å². The zero-order chi connectivity index (χ0) is 13.9. The molecule has 19 heavy (non-hydrogen) atoms. The van der Waals surface area contributed by atoms with Gasteiger partial charge in [-0.3, -0.25) is 4.98 Å². The van der Waals surface area contributed by atoms with E-state index in [9.17, 15) is 18.3 Å². The first-order valence-corrected chi connectivity index (χ1v) is 5.39. The van der Waals surface area contributed by atoms with Gasteiger partial charge in [-0.1, -0.05) is 6.07 Å². The summed E-state index contributed by atoms with van der Waals surface area (Å²) in [5, 5.41) is 9.54. The number of rotatable bonds is 3. The molecule has 0 aliphatic carbocycles. The Balaban J connectivity index is 2.10. The number of aromatic nitrogens is 1. The van der Waals surface area contributed by atoms with Gasteiger partial charge in [-0.2, -0.15) is 13.2 Å². The van der Waals surface area contributed by atoms with Gasteiger partial charge in [0.15, 0.2) is 0 Å². The van der Waals surface area contributed by atoms with Crippen LogP contribution in [0.4, 0.5) is 13.2 Å². The third-order valence-electron chi connectivity index (χ3n) is 2.44. The number of phenolic OH excluding ortho intramolecular Hbond substituents is 1. The van der Waals surface area contributed by atoms with Crippen LogP contribution in [0.1, 0.15) is 11.1 Å². The fourth-order valence-electron chi connectivity index (χ4n) is 1.46. The highest BCUT2D eigenvalue weighted by molar-refractivity contribution is 5.37.